The number of aliphatic hydroxyl groups is 1. The highest BCUT2D eigenvalue weighted by molar-refractivity contribution is 6.51. The lowest BCUT2D eigenvalue weighted by atomic mass is 9.94. The molecule has 0 aromatic heterocycles. The second-order valence-electron chi connectivity index (χ2n) is 9.44. The SMILES string of the molecule is COc1cccc(C2/C(=C(/O)c3ccc(C)c(C)c3)C(=O)C(=O)N2c2ccc(OCC(C)C)cc2)c1. The van der Waals surface area contributed by atoms with Crippen molar-refractivity contribution in [3.8, 4) is 11.5 Å². The number of hydrogen-bond acceptors (Lipinski definition) is 5. The van der Waals surface area contributed by atoms with Gasteiger partial charge in [-0.05, 0) is 78.9 Å². The summed E-state index contributed by atoms with van der Waals surface area (Å²) in [5.74, 6) is -0.00818. The largest absolute Gasteiger partial charge is 0.507 e. The van der Waals surface area contributed by atoms with Crippen LogP contribution in [0.5, 0.6) is 11.5 Å². The standard InChI is InChI=1S/C30H31NO5/c1-18(2)17-36-24-13-11-23(12-14-24)31-27(21-7-6-8-25(16-21)35-5)26(29(33)30(31)34)28(32)22-10-9-19(3)20(4)15-22/h6-16,18,27,32H,17H2,1-5H3/b28-26-. The summed E-state index contributed by atoms with van der Waals surface area (Å²) in [6.07, 6.45) is 0. The molecule has 1 aliphatic rings. The van der Waals surface area contributed by atoms with Crippen molar-refractivity contribution in [2.24, 2.45) is 5.92 Å². The maximum atomic E-state index is 13.4. The Labute approximate surface area is 211 Å². The van der Waals surface area contributed by atoms with Crippen LogP contribution in [0.2, 0.25) is 0 Å². The van der Waals surface area contributed by atoms with E-state index < -0.39 is 17.7 Å². The fraction of sp³-hybridized carbons (Fsp3) is 0.267. The Kier molecular flexibility index (Phi) is 7.15. The van der Waals surface area contributed by atoms with Gasteiger partial charge < -0.3 is 14.6 Å². The lowest BCUT2D eigenvalue weighted by molar-refractivity contribution is -0.132. The molecule has 6 heteroatoms. The molecule has 1 saturated heterocycles. The molecule has 1 atom stereocenters. The van der Waals surface area contributed by atoms with E-state index in [-0.39, 0.29) is 11.3 Å². The molecule has 36 heavy (non-hydrogen) atoms. The van der Waals surface area contributed by atoms with Crippen LogP contribution in [0, 0.1) is 19.8 Å². The number of aryl methyl sites for hydroxylation is 2. The van der Waals surface area contributed by atoms with E-state index >= 15 is 0 Å². The van der Waals surface area contributed by atoms with Crippen LogP contribution in [0.3, 0.4) is 0 Å². The topological polar surface area (TPSA) is 76.1 Å². The molecule has 6 nitrogen and oxygen atoms in total. The van der Waals surface area contributed by atoms with Crippen molar-refractivity contribution in [2.75, 3.05) is 18.6 Å². The number of ether oxygens (including phenoxy) is 2. The van der Waals surface area contributed by atoms with Gasteiger partial charge in [0, 0.05) is 11.3 Å². The van der Waals surface area contributed by atoms with Gasteiger partial charge in [-0.2, -0.15) is 0 Å². The number of nitrogens with zero attached hydrogens (tertiary/aromatic N) is 1. The summed E-state index contributed by atoms with van der Waals surface area (Å²) in [5, 5.41) is 11.3. The summed E-state index contributed by atoms with van der Waals surface area (Å²) in [7, 11) is 1.56. The van der Waals surface area contributed by atoms with Crippen molar-refractivity contribution in [1.82, 2.24) is 0 Å². The van der Waals surface area contributed by atoms with E-state index in [4.69, 9.17) is 9.47 Å². The molecule has 1 heterocycles. The average molecular weight is 486 g/mol. The molecular weight excluding hydrogens is 454 g/mol. The number of hydrogen-bond donors (Lipinski definition) is 1. The Morgan fingerprint density at radius 1 is 0.944 bits per heavy atom. The average Bonchev–Trinajstić information content (AvgIpc) is 3.14. The van der Waals surface area contributed by atoms with Gasteiger partial charge in [0.1, 0.15) is 17.3 Å². The second-order valence-corrected chi connectivity index (χ2v) is 9.44. The first-order chi connectivity index (χ1) is 17.2. The molecule has 3 aromatic carbocycles. The summed E-state index contributed by atoms with van der Waals surface area (Å²) in [4.78, 5) is 28.2. The van der Waals surface area contributed by atoms with Crippen molar-refractivity contribution in [1.29, 1.82) is 0 Å². The first-order valence-electron chi connectivity index (χ1n) is 12.0. The fourth-order valence-electron chi connectivity index (χ4n) is 4.24. The van der Waals surface area contributed by atoms with E-state index in [0.29, 0.717) is 40.8 Å². The monoisotopic (exact) mass is 485 g/mol. The summed E-state index contributed by atoms with van der Waals surface area (Å²) < 4.78 is 11.2. The summed E-state index contributed by atoms with van der Waals surface area (Å²) in [6, 6.07) is 18.9. The van der Waals surface area contributed by atoms with Crippen LogP contribution >= 0.6 is 0 Å². The molecule has 1 unspecified atom stereocenters. The van der Waals surface area contributed by atoms with Gasteiger partial charge in [-0.25, -0.2) is 0 Å². The highest BCUT2D eigenvalue weighted by Crippen LogP contribution is 2.43. The first kappa shape index (κ1) is 25.0. The Bertz CT molecular complexity index is 1320. The number of methoxy groups -OCH3 is 1. The molecule has 0 aliphatic carbocycles. The number of ketones is 1. The van der Waals surface area contributed by atoms with Crippen LogP contribution in [-0.4, -0.2) is 30.5 Å². The number of benzene rings is 3. The smallest absolute Gasteiger partial charge is 0.300 e. The number of aliphatic hydroxyl groups excluding tert-OH is 1. The zero-order valence-electron chi connectivity index (χ0n) is 21.2. The zero-order chi connectivity index (χ0) is 26.0. The van der Waals surface area contributed by atoms with Gasteiger partial charge in [-0.15, -0.1) is 0 Å². The van der Waals surface area contributed by atoms with Crippen LogP contribution in [0.15, 0.2) is 72.3 Å². The normalized spacial score (nSPS) is 17.1. The van der Waals surface area contributed by atoms with Gasteiger partial charge in [0.25, 0.3) is 11.7 Å². The molecule has 1 fully saturated rings. The van der Waals surface area contributed by atoms with Crippen LogP contribution in [-0.2, 0) is 9.59 Å². The summed E-state index contributed by atoms with van der Waals surface area (Å²) in [5.41, 5.74) is 3.75. The van der Waals surface area contributed by atoms with E-state index in [1.807, 2.05) is 32.0 Å². The molecule has 0 bridgehead atoms. The first-order valence-corrected chi connectivity index (χ1v) is 12.0. The number of rotatable bonds is 7. The van der Waals surface area contributed by atoms with Crippen molar-refractivity contribution in [3.63, 3.8) is 0 Å². The minimum absolute atomic E-state index is 0.0386. The molecule has 0 radical (unpaired) electrons. The number of carbonyl (C=O) groups excluding carboxylic acids is 2. The maximum Gasteiger partial charge on any atom is 0.300 e. The Hall–Kier alpha value is -4.06. The molecule has 0 spiro atoms. The second kappa shape index (κ2) is 10.3. The van der Waals surface area contributed by atoms with Crippen LogP contribution in [0.1, 0.15) is 42.1 Å². The third-order valence-electron chi connectivity index (χ3n) is 6.33. The molecule has 186 valence electrons. The van der Waals surface area contributed by atoms with Crippen molar-refractivity contribution < 1.29 is 24.2 Å². The fourth-order valence-corrected chi connectivity index (χ4v) is 4.24. The number of amides is 1. The predicted molar refractivity (Wildman–Crippen MR) is 140 cm³/mol. The van der Waals surface area contributed by atoms with Gasteiger partial charge in [-0.3, -0.25) is 14.5 Å². The highest BCUT2D eigenvalue weighted by atomic mass is 16.5. The van der Waals surface area contributed by atoms with Crippen molar-refractivity contribution in [2.45, 2.75) is 33.7 Å². The third kappa shape index (κ3) is 4.85. The molecule has 1 amide bonds. The highest BCUT2D eigenvalue weighted by Gasteiger charge is 2.47. The summed E-state index contributed by atoms with van der Waals surface area (Å²) in [6.45, 7) is 8.62. The van der Waals surface area contributed by atoms with E-state index in [2.05, 4.69) is 13.8 Å². The molecule has 0 saturated carbocycles. The molecule has 4 rings (SSSR count). The van der Waals surface area contributed by atoms with Crippen molar-refractivity contribution >= 4 is 23.1 Å². The van der Waals surface area contributed by atoms with Gasteiger partial charge in [0.15, 0.2) is 0 Å². The van der Waals surface area contributed by atoms with Gasteiger partial charge in [0.2, 0.25) is 0 Å². The molecule has 3 aromatic rings. The quantitative estimate of drug-likeness (QED) is 0.253. The minimum atomic E-state index is -0.829. The van der Waals surface area contributed by atoms with Gasteiger partial charge >= 0.3 is 0 Å². The van der Waals surface area contributed by atoms with E-state index in [1.54, 1.807) is 55.6 Å². The lowest BCUT2D eigenvalue weighted by Crippen LogP contribution is -2.29. The maximum absolute atomic E-state index is 13.4. The Morgan fingerprint density at radius 3 is 2.31 bits per heavy atom. The Morgan fingerprint density at radius 2 is 1.67 bits per heavy atom. The van der Waals surface area contributed by atoms with Crippen LogP contribution in [0.4, 0.5) is 5.69 Å². The molecule has 1 N–H and O–H groups in total. The van der Waals surface area contributed by atoms with Crippen LogP contribution < -0.4 is 14.4 Å². The third-order valence-corrected chi connectivity index (χ3v) is 6.33. The van der Waals surface area contributed by atoms with Crippen LogP contribution in [0.25, 0.3) is 5.76 Å². The predicted octanol–water partition coefficient (Wildman–Crippen LogP) is 5.97. The molecule has 1 aliphatic heterocycles. The zero-order valence-corrected chi connectivity index (χ0v) is 21.2. The minimum Gasteiger partial charge on any atom is -0.507 e. The van der Waals surface area contributed by atoms with E-state index in [9.17, 15) is 14.7 Å². The lowest BCUT2D eigenvalue weighted by Gasteiger charge is -2.26. The molecular formula is C30H31NO5. The van der Waals surface area contributed by atoms with E-state index in [1.165, 1.54) is 4.90 Å². The summed E-state index contributed by atoms with van der Waals surface area (Å²) >= 11 is 0. The van der Waals surface area contributed by atoms with E-state index in [0.717, 1.165) is 11.1 Å². The van der Waals surface area contributed by atoms with Gasteiger partial charge in [-0.1, -0.05) is 38.1 Å². The number of carbonyl (C=O) groups is 2. The Balaban J connectivity index is 1.85. The van der Waals surface area contributed by atoms with Gasteiger partial charge in [0.05, 0.1) is 25.3 Å². The van der Waals surface area contributed by atoms with Crippen molar-refractivity contribution in [3.05, 3.63) is 94.6 Å². The number of anilines is 1. The number of Topliss-reactive ketones (excluding diaryl/α,β-unsaturated/α-hetero) is 1.